The molecule has 0 aliphatic rings. The highest BCUT2D eigenvalue weighted by molar-refractivity contribution is 9.10. The molecule has 0 bridgehead atoms. The molecule has 0 amide bonds. The van der Waals surface area contributed by atoms with E-state index in [1.165, 1.54) is 37.5 Å². The third-order valence-electron chi connectivity index (χ3n) is 3.14. The van der Waals surface area contributed by atoms with Gasteiger partial charge in [-0.25, -0.2) is 4.79 Å². The van der Waals surface area contributed by atoms with Crippen molar-refractivity contribution < 1.29 is 27.8 Å². The van der Waals surface area contributed by atoms with Crippen molar-refractivity contribution in [3.8, 4) is 11.5 Å². The van der Waals surface area contributed by atoms with Gasteiger partial charge in [-0.1, -0.05) is 40.2 Å². The number of hydrogen-bond acceptors (Lipinski definition) is 4. The molecule has 132 valence electrons. The predicted molar refractivity (Wildman–Crippen MR) is 92.6 cm³/mol. The Labute approximate surface area is 152 Å². The first kappa shape index (κ1) is 18.9. The van der Waals surface area contributed by atoms with Crippen LogP contribution in [0.3, 0.4) is 0 Å². The Bertz CT molecular complexity index is 762. The summed E-state index contributed by atoms with van der Waals surface area (Å²) in [7, 11) is 1.34. The molecule has 0 spiro atoms. The van der Waals surface area contributed by atoms with Crippen LogP contribution in [-0.4, -0.2) is 19.7 Å². The summed E-state index contributed by atoms with van der Waals surface area (Å²) in [4.78, 5) is 11.8. The molecule has 25 heavy (non-hydrogen) atoms. The second kappa shape index (κ2) is 9.17. The molecule has 0 saturated heterocycles. The number of methoxy groups -OCH3 is 1. The highest BCUT2D eigenvalue weighted by Crippen LogP contribution is 2.29. The Morgan fingerprint density at radius 1 is 1.20 bits per heavy atom. The van der Waals surface area contributed by atoms with E-state index in [1.54, 1.807) is 0 Å². The van der Waals surface area contributed by atoms with E-state index < -0.39 is 12.6 Å². The Morgan fingerprint density at radius 2 is 1.96 bits per heavy atom. The summed E-state index contributed by atoms with van der Waals surface area (Å²) in [6.45, 7) is -2.81. The maximum atomic E-state index is 12.3. The molecule has 0 heterocycles. The monoisotopic (exact) mass is 412 g/mol. The molecule has 0 unspecified atom stereocenters. The average molecular weight is 413 g/mol. The van der Waals surface area contributed by atoms with Gasteiger partial charge in [0.25, 0.3) is 0 Å². The van der Waals surface area contributed by atoms with Crippen LogP contribution in [0.5, 0.6) is 11.5 Å². The second-order valence-corrected chi connectivity index (χ2v) is 5.68. The van der Waals surface area contributed by atoms with E-state index in [4.69, 9.17) is 9.47 Å². The van der Waals surface area contributed by atoms with E-state index in [0.29, 0.717) is 5.56 Å². The fourth-order valence-electron chi connectivity index (χ4n) is 1.96. The lowest BCUT2D eigenvalue weighted by molar-refractivity contribution is -0.138. The number of hydrogen-bond donors (Lipinski definition) is 0. The van der Waals surface area contributed by atoms with E-state index in [1.807, 2.05) is 24.3 Å². The largest absolute Gasteiger partial charge is 0.493 e. The van der Waals surface area contributed by atoms with Gasteiger partial charge in [0.05, 0.1) is 7.11 Å². The number of esters is 1. The molecule has 2 aromatic rings. The fourth-order valence-corrected chi connectivity index (χ4v) is 2.36. The molecule has 0 fully saturated rings. The molecular weight excluding hydrogens is 398 g/mol. The van der Waals surface area contributed by atoms with Crippen molar-refractivity contribution in [2.45, 2.75) is 13.2 Å². The van der Waals surface area contributed by atoms with Gasteiger partial charge in [0, 0.05) is 16.1 Å². The van der Waals surface area contributed by atoms with Gasteiger partial charge in [0.15, 0.2) is 11.5 Å². The van der Waals surface area contributed by atoms with Crippen LogP contribution in [0.1, 0.15) is 11.1 Å². The van der Waals surface area contributed by atoms with Gasteiger partial charge in [-0.15, -0.1) is 0 Å². The third-order valence-corrected chi connectivity index (χ3v) is 3.92. The normalized spacial score (nSPS) is 10.9. The Kier molecular flexibility index (Phi) is 6.94. The summed E-state index contributed by atoms with van der Waals surface area (Å²) in [6.07, 6.45) is 2.75. The van der Waals surface area contributed by atoms with Crippen LogP contribution in [0, 0.1) is 0 Å². The second-order valence-electron chi connectivity index (χ2n) is 4.82. The van der Waals surface area contributed by atoms with E-state index in [2.05, 4.69) is 20.7 Å². The van der Waals surface area contributed by atoms with Gasteiger partial charge in [0.1, 0.15) is 6.61 Å². The molecular formula is C18H15BrF2O4. The number of carbonyl (C=O) groups excluding carboxylic acids is 1. The van der Waals surface area contributed by atoms with Crippen molar-refractivity contribution in [1.82, 2.24) is 0 Å². The van der Waals surface area contributed by atoms with Crippen LogP contribution in [0.4, 0.5) is 8.78 Å². The first-order valence-electron chi connectivity index (χ1n) is 7.20. The zero-order chi connectivity index (χ0) is 18.2. The molecule has 0 aliphatic heterocycles. The zero-order valence-electron chi connectivity index (χ0n) is 13.2. The third kappa shape index (κ3) is 5.86. The van der Waals surface area contributed by atoms with Crippen LogP contribution in [-0.2, 0) is 16.1 Å². The summed E-state index contributed by atoms with van der Waals surface area (Å²) in [5.74, 6) is -0.460. The van der Waals surface area contributed by atoms with E-state index in [-0.39, 0.29) is 18.1 Å². The van der Waals surface area contributed by atoms with Crippen LogP contribution in [0.25, 0.3) is 6.08 Å². The molecule has 0 N–H and O–H groups in total. The van der Waals surface area contributed by atoms with Crippen LogP contribution >= 0.6 is 15.9 Å². The summed E-state index contributed by atoms with van der Waals surface area (Å²) in [5, 5.41) is 0. The number of rotatable bonds is 7. The maximum Gasteiger partial charge on any atom is 0.387 e. The van der Waals surface area contributed by atoms with Gasteiger partial charge in [-0.3, -0.25) is 0 Å². The van der Waals surface area contributed by atoms with Crippen molar-refractivity contribution in [2.24, 2.45) is 0 Å². The average Bonchev–Trinajstić information content (AvgIpc) is 2.59. The Hall–Kier alpha value is -2.41. The zero-order valence-corrected chi connectivity index (χ0v) is 14.8. The summed E-state index contributed by atoms with van der Waals surface area (Å²) in [5.41, 5.74) is 1.43. The minimum absolute atomic E-state index is 0.0776. The number of halogens is 3. The minimum atomic E-state index is -2.94. The first-order chi connectivity index (χ1) is 12.0. The lowest BCUT2D eigenvalue weighted by Crippen LogP contribution is -2.03. The number of carbonyl (C=O) groups is 1. The predicted octanol–water partition coefficient (Wildman–Crippen LogP) is 4.82. The highest BCUT2D eigenvalue weighted by atomic mass is 79.9. The molecule has 7 heteroatoms. The molecule has 0 saturated carbocycles. The van der Waals surface area contributed by atoms with Crippen molar-refractivity contribution in [3.63, 3.8) is 0 Å². The highest BCUT2D eigenvalue weighted by Gasteiger charge is 2.10. The lowest BCUT2D eigenvalue weighted by atomic mass is 10.2. The van der Waals surface area contributed by atoms with Crippen molar-refractivity contribution in [2.75, 3.05) is 7.11 Å². The van der Waals surface area contributed by atoms with E-state index in [9.17, 15) is 13.6 Å². The van der Waals surface area contributed by atoms with Crippen molar-refractivity contribution in [3.05, 3.63) is 64.1 Å². The summed E-state index contributed by atoms with van der Waals surface area (Å²) in [6, 6.07) is 11.8. The van der Waals surface area contributed by atoms with Gasteiger partial charge >= 0.3 is 12.6 Å². The van der Waals surface area contributed by atoms with Gasteiger partial charge in [0.2, 0.25) is 0 Å². The van der Waals surface area contributed by atoms with Gasteiger partial charge < -0.3 is 14.2 Å². The summed E-state index contributed by atoms with van der Waals surface area (Å²) < 4.78 is 39.9. The quantitative estimate of drug-likeness (QED) is 0.483. The Balaban J connectivity index is 1.98. The molecule has 0 atom stereocenters. The summed E-state index contributed by atoms with van der Waals surface area (Å²) >= 11 is 3.37. The van der Waals surface area contributed by atoms with E-state index >= 15 is 0 Å². The number of alkyl halides is 2. The molecule has 0 radical (unpaired) electrons. The molecule has 2 aromatic carbocycles. The van der Waals surface area contributed by atoms with Crippen molar-refractivity contribution >= 4 is 28.0 Å². The SMILES string of the molecule is COc1cc(/C=C/C(=O)OCc2ccccc2Br)ccc1OC(F)F. The fraction of sp³-hybridized carbons (Fsp3) is 0.167. The smallest absolute Gasteiger partial charge is 0.387 e. The van der Waals surface area contributed by atoms with Gasteiger partial charge in [-0.2, -0.15) is 8.78 Å². The lowest BCUT2D eigenvalue weighted by Gasteiger charge is -2.10. The molecule has 0 aromatic heterocycles. The van der Waals surface area contributed by atoms with E-state index in [0.717, 1.165) is 10.0 Å². The number of benzene rings is 2. The Morgan fingerprint density at radius 3 is 2.64 bits per heavy atom. The minimum Gasteiger partial charge on any atom is -0.493 e. The molecule has 0 aliphatic carbocycles. The van der Waals surface area contributed by atoms with Gasteiger partial charge in [-0.05, 0) is 29.8 Å². The van der Waals surface area contributed by atoms with Crippen molar-refractivity contribution in [1.29, 1.82) is 0 Å². The standard InChI is InChI=1S/C18H15BrF2O4/c1-23-16-10-12(6-8-15(16)25-18(20)21)7-9-17(22)24-11-13-4-2-3-5-14(13)19/h2-10,18H,11H2,1H3/b9-7+. The molecule has 2 rings (SSSR count). The topological polar surface area (TPSA) is 44.8 Å². The van der Waals surface area contributed by atoms with Crippen LogP contribution in [0.15, 0.2) is 53.0 Å². The first-order valence-corrected chi connectivity index (χ1v) is 8.00. The maximum absolute atomic E-state index is 12.3. The van der Waals surface area contributed by atoms with Crippen LogP contribution < -0.4 is 9.47 Å². The number of ether oxygens (including phenoxy) is 3. The van der Waals surface area contributed by atoms with Crippen LogP contribution in [0.2, 0.25) is 0 Å². The molecule has 4 nitrogen and oxygen atoms in total.